The van der Waals surface area contributed by atoms with E-state index in [4.69, 9.17) is 4.74 Å². The molecule has 4 nitrogen and oxygen atoms in total. The number of rotatable bonds is 13. The monoisotopic (exact) mass is 391 g/mol. The minimum Gasteiger partial charge on any atom is -0.494 e. The van der Waals surface area contributed by atoms with Crippen LogP contribution in [0.2, 0.25) is 0 Å². The third-order valence-electron chi connectivity index (χ3n) is 5.48. The Bertz CT molecular complexity index is 894. The summed E-state index contributed by atoms with van der Waals surface area (Å²) in [6, 6.07) is 12.2. The van der Waals surface area contributed by atoms with E-state index in [0.29, 0.717) is 0 Å². The number of nitrogens with zero attached hydrogens (tertiary/aromatic N) is 3. The Kier molecular flexibility index (Phi) is 8.29. The van der Waals surface area contributed by atoms with Crippen molar-refractivity contribution in [1.29, 1.82) is 0 Å². The van der Waals surface area contributed by atoms with Crippen molar-refractivity contribution in [3.05, 3.63) is 66.6 Å². The van der Waals surface area contributed by atoms with Crippen LogP contribution in [0.5, 0.6) is 0 Å². The van der Waals surface area contributed by atoms with Gasteiger partial charge < -0.3 is 4.74 Å². The molecule has 3 rings (SSSR count). The van der Waals surface area contributed by atoms with Gasteiger partial charge in [0.05, 0.1) is 12.1 Å². The molecule has 0 aliphatic heterocycles. The fourth-order valence-electron chi connectivity index (χ4n) is 3.73. The van der Waals surface area contributed by atoms with Crippen molar-refractivity contribution >= 4 is 16.7 Å². The van der Waals surface area contributed by atoms with E-state index >= 15 is 0 Å². The third kappa shape index (κ3) is 6.45. The van der Waals surface area contributed by atoms with Crippen LogP contribution in [0.15, 0.2) is 55.4 Å². The van der Waals surface area contributed by atoms with Crippen molar-refractivity contribution in [2.75, 3.05) is 6.61 Å². The van der Waals surface area contributed by atoms with Gasteiger partial charge in [-0.2, -0.15) is 5.10 Å². The highest BCUT2D eigenvalue weighted by Crippen LogP contribution is 2.23. The Labute approximate surface area is 174 Å². The lowest BCUT2D eigenvalue weighted by molar-refractivity contribution is 0.267. The summed E-state index contributed by atoms with van der Waals surface area (Å²) >= 11 is 0. The van der Waals surface area contributed by atoms with Crippen LogP contribution in [-0.2, 0) is 18.2 Å². The van der Waals surface area contributed by atoms with Gasteiger partial charge >= 0.3 is 0 Å². The van der Waals surface area contributed by atoms with Crippen LogP contribution < -0.4 is 0 Å². The maximum Gasteiger partial charge on any atom is 0.120 e. The first-order chi connectivity index (χ1) is 14.3. The maximum absolute atomic E-state index is 5.91. The van der Waals surface area contributed by atoms with E-state index in [2.05, 4.69) is 28.8 Å². The topological polar surface area (TPSA) is 39.9 Å². The van der Waals surface area contributed by atoms with Crippen LogP contribution in [0.25, 0.3) is 16.7 Å². The molecule has 4 heteroatoms. The summed E-state index contributed by atoms with van der Waals surface area (Å²) in [5.41, 5.74) is 3.36. The highest BCUT2D eigenvalue weighted by Gasteiger charge is 2.06. The smallest absolute Gasteiger partial charge is 0.120 e. The summed E-state index contributed by atoms with van der Waals surface area (Å²) in [6.07, 6.45) is 15.0. The van der Waals surface area contributed by atoms with Crippen molar-refractivity contribution in [2.24, 2.45) is 7.05 Å². The van der Waals surface area contributed by atoms with E-state index in [9.17, 15) is 0 Å². The number of hydrogen-bond donors (Lipinski definition) is 0. The zero-order chi connectivity index (χ0) is 20.3. The van der Waals surface area contributed by atoms with Crippen LogP contribution in [0.3, 0.4) is 0 Å². The summed E-state index contributed by atoms with van der Waals surface area (Å²) in [4.78, 5) is 4.40. The Morgan fingerprint density at radius 1 is 0.897 bits per heavy atom. The quantitative estimate of drug-likeness (QED) is 0.253. The zero-order valence-electron chi connectivity index (χ0n) is 17.6. The molecule has 0 fully saturated rings. The van der Waals surface area contributed by atoms with Gasteiger partial charge in [0.25, 0.3) is 0 Å². The minimum absolute atomic E-state index is 0.736. The number of benzene rings is 1. The van der Waals surface area contributed by atoms with E-state index < -0.39 is 0 Å². The number of aromatic nitrogens is 3. The van der Waals surface area contributed by atoms with Gasteiger partial charge in [0.1, 0.15) is 5.76 Å². The molecule has 2 heterocycles. The first-order valence-electron chi connectivity index (χ1n) is 10.9. The largest absolute Gasteiger partial charge is 0.494 e. The predicted octanol–water partition coefficient (Wildman–Crippen LogP) is 6.32. The molecule has 0 saturated heterocycles. The summed E-state index contributed by atoms with van der Waals surface area (Å²) in [7, 11) is 2.02. The van der Waals surface area contributed by atoms with Crippen molar-refractivity contribution < 1.29 is 4.74 Å². The number of hydrogen-bond acceptors (Lipinski definition) is 3. The van der Waals surface area contributed by atoms with E-state index in [1.807, 2.05) is 48.4 Å². The van der Waals surface area contributed by atoms with Crippen LogP contribution in [0.4, 0.5) is 0 Å². The fourth-order valence-corrected chi connectivity index (χ4v) is 3.73. The SMILES string of the molecule is C=C(OCCCCCCCCCCc1ccnn1C)c1ccnc2ccccc12. The van der Waals surface area contributed by atoms with E-state index in [1.54, 1.807) is 0 Å². The van der Waals surface area contributed by atoms with Gasteiger partial charge in [-0.1, -0.05) is 63.3 Å². The predicted molar refractivity (Wildman–Crippen MR) is 121 cm³/mol. The standard InChI is InChI=1S/C25H33N3O/c1-21(23-17-18-26-25-15-11-10-14-24(23)25)29-20-12-8-6-4-3-5-7-9-13-22-16-19-27-28(22)2/h10-11,14-19H,1,3-9,12-13,20H2,2H3. The molecule has 0 aliphatic carbocycles. The Morgan fingerprint density at radius 3 is 2.38 bits per heavy atom. The lowest BCUT2D eigenvalue weighted by Crippen LogP contribution is -1.97. The molecule has 0 radical (unpaired) electrons. The van der Waals surface area contributed by atoms with Gasteiger partial charge in [-0.3, -0.25) is 9.67 Å². The lowest BCUT2D eigenvalue weighted by atomic mass is 10.1. The molecule has 29 heavy (non-hydrogen) atoms. The van der Waals surface area contributed by atoms with Gasteiger partial charge in [0.15, 0.2) is 0 Å². The van der Waals surface area contributed by atoms with Gasteiger partial charge in [-0.15, -0.1) is 0 Å². The normalized spacial score (nSPS) is 11.1. The second-order valence-electron chi connectivity index (χ2n) is 7.67. The molecular formula is C25H33N3O. The molecule has 0 atom stereocenters. The molecule has 0 aliphatic rings. The minimum atomic E-state index is 0.736. The average molecular weight is 392 g/mol. The van der Waals surface area contributed by atoms with Crippen molar-refractivity contribution in [2.45, 2.75) is 57.8 Å². The highest BCUT2D eigenvalue weighted by molar-refractivity contribution is 5.89. The van der Waals surface area contributed by atoms with E-state index in [-0.39, 0.29) is 0 Å². The summed E-state index contributed by atoms with van der Waals surface area (Å²) in [5, 5.41) is 5.32. The molecule has 1 aromatic carbocycles. The van der Waals surface area contributed by atoms with Crippen LogP contribution in [0, 0.1) is 0 Å². The summed E-state index contributed by atoms with van der Waals surface area (Å²) in [5.74, 6) is 0.747. The Balaban J connectivity index is 1.21. The number of ether oxygens (including phenoxy) is 1. The maximum atomic E-state index is 5.91. The number of fused-ring (bicyclic) bond motifs is 1. The van der Waals surface area contributed by atoms with Gasteiger partial charge in [-0.05, 0) is 37.5 Å². The van der Waals surface area contributed by atoms with Crippen molar-refractivity contribution in [3.63, 3.8) is 0 Å². The van der Waals surface area contributed by atoms with E-state index in [0.717, 1.165) is 41.7 Å². The highest BCUT2D eigenvalue weighted by atomic mass is 16.5. The van der Waals surface area contributed by atoms with Crippen LogP contribution in [-0.4, -0.2) is 21.4 Å². The van der Waals surface area contributed by atoms with Crippen molar-refractivity contribution in [1.82, 2.24) is 14.8 Å². The molecule has 2 aromatic heterocycles. The molecule has 0 amide bonds. The zero-order valence-corrected chi connectivity index (χ0v) is 17.6. The first-order valence-corrected chi connectivity index (χ1v) is 10.9. The molecule has 3 aromatic rings. The molecule has 0 bridgehead atoms. The lowest BCUT2D eigenvalue weighted by Gasteiger charge is -2.11. The van der Waals surface area contributed by atoms with Gasteiger partial charge in [0, 0.05) is 36.1 Å². The Hall–Kier alpha value is -2.62. The average Bonchev–Trinajstić information content (AvgIpc) is 3.16. The molecule has 0 N–H and O–H groups in total. The summed E-state index contributed by atoms with van der Waals surface area (Å²) < 4.78 is 7.89. The number of para-hydroxylation sites is 1. The number of aryl methyl sites for hydroxylation is 2. The van der Waals surface area contributed by atoms with Gasteiger partial charge in [0.2, 0.25) is 0 Å². The van der Waals surface area contributed by atoms with Crippen LogP contribution in [0.1, 0.15) is 62.6 Å². The van der Waals surface area contributed by atoms with Crippen LogP contribution >= 0.6 is 0 Å². The molecular weight excluding hydrogens is 358 g/mol. The third-order valence-corrected chi connectivity index (χ3v) is 5.48. The number of unbranched alkanes of at least 4 members (excludes halogenated alkanes) is 7. The second kappa shape index (κ2) is 11.4. The van der Waals surface area contributed by atoms with Gasteiger partial charge in [-0.25, -0.2) is 0 Å². The fraction of sp³-hybridized carbons (Fsp3) is 0.440. The molecule has 0 spiro atoms. The first kappa shape index (κ1) is 21.1. The molecule has 154 valence electrons. The summed E-state index contributed by atoms with van der Waals surface area (Å²) in [6.45, 7) is 4.86. The molecule has 0 saturated carbocycles. The number of pyridine rings is 1. The second-order valence-corrected chi connectivity index (χ2v) is 7.67. The van der Waals surface area contributed by atoms with E-state index in [1.165, 1.54) is 50.6 Å². The molecule has 0 unspecified atom stereocenters. The Morgan fingerprint density at radius 2 is 1.62 bits per heavy atom. The van der Waals surface area contributed by atoms with Crippen molar-refractivity contribution in [3.8, 4) is 0 Å².